The third kappa shape index (κ3) is 8.43. The Kier molecular flexibility index (Phi) is 10.3. The van der Waals surface area contributed by atoms with Crippen LogP contribution in [0.5, 0.6) is 0 Å². The van der Waals surface area contributed by atoms with Crippen LogP contribution in [-0.2, 0) is 27.9 Å². The maximum absolute atomic E-state index is 13.0. The lowest BCUT2D eigenvalue weighted by Gasteiger charge is -2.37. The van der Waals surface area contributed by atoms with E-state index in [1.807, 2.05) is 38.5 Å². The number of aromatic nitrogens is 1. The number of hydrogen-bond donors (Lipinski definition) is 3. The number of nitrogens with zero attached hydrogens (tertiary/aromatic N) is 3. The molecule has 0 saturated heterocycles. The number of methoxy groups -OCH3 is 1. The Morgan fingerprint density at radius 3 is 2.56 bits per heavy atom. The first-order valence-electron chi connectivity index (χ1n) is 14.1. The molecule has 2 heterocycles. The number of benzene rings is 1. The van der Waals surface area contributed by atoms with Crippen molar-refractivity contribution in [2.75, 3.05) is 34.4 Å². The molecule has 2 aromatic rings. The van der Waals surface area contributed by atoms with E-state index in [1.165, 1.54) is 18.1 Å². The third-order valence-electron chi connectivity index (χ3n) is 7.61. The fourth-order valence-corrected chi connectivity index (χ4v) is 5.35. The normalized spacial score (nSPS) is 22.3. The number of aliphatic hydroxyl groups is 1. The van der Waals surface area contributed by atoms with Crippen LogP contribution in [0.4, 0.5) is 13.2 Å². The highest BCUT2D eigenvalue weighted by Gasteiger charge is 2.36. The largest absolute Gasteiger partial charge is 0.416 e. The van der Waals surface area contributed by atoms with Crippen LogP contribution in [0.25, 0.3) is 0 Å². The van der Waals surface area contributed by atoms with Crippen molar-refractivity contribution in [3.63, 3.8) is 0 Å². The van der Waals surface area contributed by atoms with E-state index in [9.17, 15) is 27.9 Å². The minimum atomic E-state index is -4.58. The Bertz CT molecular complexity index is 1340. The van der Waals surface area contributed by atoms with Crippen LogP contribution in [0.3, 0.4) is 0 Å². The van der Waals surface area contributed by atoms with Crippen LogP contribution in [-0.4, -0.2) is 78.1 Å². The molecule has 0 bridgehead atoms. The summed E-state index contributed by atoms with van der Waals surface area (Å²) in [6, 6.07) is 7.60. The van der Waals surface area contributed by atoms with Gasteiger partial charge in [0.05, 0.1) is 30.5 Å². The van der Waals surface area contributed by atoms with Gasteiger partial charge in [0.1, 0.15) is 5.60 Å². The molecule has 12 heteroatoms. The number of halogens is 3. The molecule has 2 aliphatic rings. The molecule has 43 heavy (non-hydrogen) atoms. The Morgan fingerprint density at radius 1 is 1.19 bits per heavy atom. The first kappa shape index (κ1) is 32.2. The number of hydrogen-bond acceptors (Lipinski definition) is 7. The van der Waals surface area contributed by atoms with Gasteiger partial charge >= 0.3 is 6.18 Å². The zero-order chi connectivity index (χ0) is 31.2. The van der Waals surface area contributed by atoms with Crippen LogP contribution in [0.15, 0.2) is 66.6 Å². The first-order chi connectivity index (χ1) is 20.4. The average molecular weight is 602 g/mol. The summed E-state index contributed by atoms with van der Waals surface area (Å²) >= 11 is 0. The van der Waals surface area contributed by atoms with Crippen LogP contribution in [0.2, 0.25) is 0 Å². The van der Waals surface area contributed by atoms with Crippen LogP contribution in [0.1, 0.15) is 52.9 Å². The Morgan fingerprint density at radius 2 is 1.93 bits per heavy atom. The SMILES string of the molecule is COC[C@@H]1C=C(NC2CCC(O)(c3ccc(CN(C)C)cn3)CC2)C=CN1C(=O)CNC(=O)c1cccc(C(F)(F)F)c1. The van der Waals surface area contributed by atoms with Gasteiger partial charge in [0, 0.05) is 43.4 Å². The molecule has 1 aliphatic carbocycles. The number of amides is 2. The van der Waals surface area contributed by atoms with Crippen molar-refractivity contribution in [3.05, 3.63) is 89.0 Å². The Hall–Kier alpha value is -3.74. The molecule has 0 radical (unpaired) electrons. The zero-order valence-electron chi connectivity index (χ0n) is 24.5. The lowest BCUT2D eigenvalue weighted by molar-refractivity contribution is -0.137. The monoisotopic (exact) mass is 601 g/mol. The van der Waals surface area contributed by atoms with Crippen molar-refractivity contribution in [1.29, 1.82) is 0 Å². The molecule has 1 aromatic carbocycles. The van der Waals surface area contributed by atoms with E-state index >= 15 is 0 Å². The van der Waals surface area contributed by atoms with Gasteiger partial charge in [-0.05, 0) is 81.8 Å². The molecule has 9 nitrogen and oxygen atoms in total. The smallest absolute Gasteiger partial charge is 0.384 e. The van der Waals surface area contributed by atoms with E-state index < -0.39 is 41.7 Å². The van der Waals surface area contributed by atoms with Gasteiger partial charge in [-0.2, -0.15) is 13.2 Å². The van der Waals surface area contributed by atoms with Gasteiger partial charge in [-0.25, -0.2) is 0 Å². The van der Waals surface area contributed by atoms with Crippen molar-refractivity contribution >= 4 is 11.8 Å². The summed E-state index contributed by atoms with van der Waals surface area (Å²) in [5.41, 5.74) is 0.462. The Labute approximate surface area is 249 Å². The number of carbonyl (C=O) groups excluding carboxylic acids is 2. The number of rotatable bonds is 10. The van der Waals surface area contributed by atoms with E-state index in [-0.39, 0.29) is 18.2 Å². The molecule has 1 aromatic heterocycles. The number of ether oxygens (including phenoxy) is 1. The molecule has 4 rings (SSSR count). The summed E-state index contributed by atoms with van der Waals surface area (Å²) in [4.78, 5) is 33.4. The van der Waals surface area contributed by atoms with E-state index in [4.69, 9.17) is 4.74 Å². The summed E-state index contributed by atoms with van der Waals surface area (Å²) in [5, 5.41) is 17.2. The van der Waals surface area contributed by atoms with Crippen molar-refractivity contribution in [2.24, 2.45) is 0 Å². The molecular formula is C31H38F3N5O4. The van der Waals surface area contributed by atoms with Gasteiger partial charge in [0.2, 0.25) is 5.91 Å². The van der Waals surface area contributed by atoms with Crippen molar-refractivity contribution in [3.8, 4) is 0 Å². The van der Waals surface area contributed by atoms with Gasteiger partial charge in [-0.3, -0.25) is 14.6 Å². The van der Waals surface area contributed by atoms with Crippen LogP contribution in [0, 0.1) is 0 Å². The average Bonchev–Trinajstić information content (AvgIpc) is 2.97. The second-order valence-corrected chi connectivity index (χ2v) is 11.3. The zero-order valence-corrected chi connectivity index (χ0v) is 24.5. The van der Waals surface area contributed by atoms with Crippen LogP contribution >= 0.6 is 0 Å². The fraction of sp³-hybridized carbons (Fsp3) is 0.452. The molecule has 1 fully saturated rings. The summed E-state index contributed by atoms with van der Waals surface area (Å²) in [7, 11) is 5.50. The van der Waals surface area contributed by atoms with E-state index in [0.29, 0.717) is 18.5 Å². The van der Waals surface area contributed by atoms with E-state index in [0.717, 1.165) is 48.8 Å². The lowest BCUT2D eigenvalue weighted by atomic mass is 9.79. The minimum absolute atomic E-state index is 0.112. The molecule has 1 saturated carbocycles. The number of carbonyl (C=O) groups is 2. The second-order valence-electron chi connectivity index (χ2n) is 11.3. The van der Waals surface area contributed by atoms with Crippen LogP contribution < -0.4 is 10.6 Å². The lowest BCUT2D eigenvalue weighted by Crippen LogP contribution is -2.46. The van der Waals surface area contributed by atoms with Gasteiger partial charge in [0.15, 0.2) is 0 Å². The summed E-state index contributed by atoms with van der Waals surface area (Å²) < 4.78 is 44.3. The maximum atomic E-state index is 13.0. The summed E-state index contributed by atoms with van der Waals surface area (Å²) in [6.07, 6.45) is 5.01. The predicted molar refractivity (Wildman–Crippen MR) is 154 cm³/mol. The standard InChI is InChI=1S/C31H38F3N5O4/c1-38(2)19-21-7-8-27(35-17-21)30(42)12-9-24(10-13-30)37-25-11-14-39(26(16-25)20-43-3)28(40)18-36-29(41)22-5-4-6-23(15-22)31(32,33)34/h4-8,11,14-17,24,26,37,42H,9-10,12-13,18-20H2,1-3H3,(H,36,41)/t24?,26-,30?/m0/s1. The molecule has 1 aliphatic heterocycles. The van der Waals surface area contributed by atoms with Crippen molar-refractivity contribution in [2.45, 2.75) is 56.1 Å². The van der Waals surface area contributed by atoms with Gasteiger partial charge in [-0.15, -0.1) is 0 Å². The quantitative estimate of drug-likeness (QED) is 0.382. The molecule has 3 N–H and O–H groups in total. The third-order valence-corrected chi connectivity index (χ3v) is 7.61. The molecule has 0 spiro atoms. The number of allylic oxidation sites excluding steroid dienone is 1. The molecule has 232 valence electrons. The maximum Gasteiger partial charge on any atom is 0.416 e. The number of alkyl halides is 3. The highest BCUT2D eigenvalue weighted by Crippen LogP contribution is 2.36. The molecular weight excluding hydrogens is 563 g/mol. The number of nitrogens with one attached hydrogen (secondary N) is 2. The topological polar surface area (TPSA) is 107 Å². The minimum Gasteiger partial charge on any atom is -0.384 e. The number of pyridine rings is 1. The second kappa shape index (κ2) is 13.7. The van der Waals surface area contributed by atoms with E-state index in [1.54, 1.807) is 12.3 Å². The van der Waals surface area contributed by atoms with Crippen molar-refractivity contribution in [1.82, 2.24) is 25.4 Å². The Balaban J connectivity index is 1.31. The van der Waals surface area contributed by atoms with Gasteiger partial charge in [0.25, 0.3) is 5.91 Å². The van der Waals surface area contributed by atoms with E-state index in [2.05, 4.69) is 20.5 Å². The molecule has 0 unspecified atom stereocenters. The highest BCUT2D eigenvalue weighted by molar-refractivity contribution is 5.96. The fourth-order valence-electron chi connectivity index (χ4n) is 5.35. The van der Waals surface area contributed by atoms with Crippen molar-refractivity contribution < 1.29 is 32.6 Å². The molecule has 1 atom stereocenters. The first-order valence-corrected chi connectivity index (χ1v) is 14.1. The summed E-state index contributed by atoms with van der Waals surface area (Å²) in [5.74, 6) is -1.22. The van der Waals surface area contributed by atoms with Gasteiger partial charge in [-0.1, -0.05) is 12.1 Å². The highest BCUT2D eigenvalue weighted by atomic mass is 19.4. The van der Waals surface area contributed by atoms with Gasteiger partial charge < -0.3 is 30.3 Å². The predicted octanol–water partition coefficient (Wildman–Crippen LogP) is 3.57. The molecule has 2 amide bonds. The summed E-state index contributed by atoms with van der Waals surface area (Å²) in [6.45, 7) is 0.576.